The Kier molecular flexibility index (Phi) is 5.05. The minimum atomic E-state index is -3.53. The largest absolute Gasteiger partial charge is 0.350 e. The molecule has 1 aromatic carbocycles. The van der Waals surface area contributed by atoms with Crippen LogP contribution in [0.25, 0.3) is 0 Å². The fourth-order valence-corrected chi connectivity index (χ4v) is 3.42. The molecule has 0 aliphatic carbocycles. The Bertz CT molecular complexity index is 711. The third kappa shape index (κ3) is 4.10. The summed E-state index contributed by atoms with van der Waals surface area (Å²) in [6.07, 6.45) is 0. The first-order chi connectivity index (χ1) is 10.0. The molecule has 1 amide bonds. The molecule has 0 unspecified atom stereocenters. The van der Waals surface area contributed by atoms with Crippen molar-refractivity contribution in [2.45, 2.75) is 11.8 Å². The van der Waals surface area contributed by atoms with Crippen LogP contribution in [0.3, 0.4) is 0 Å². The molecule has 0 spiro atoms. The zero-order chi connectivity index (χ0) is 15.3. The quantitative estimate of drug-likeness (QED) is 0.780. The number of hydrogen-bond donors (Lipinski definition) is 2. The van der Waals surface area contributed by atoms with Crippen LogP contribution in [-0.4, -0.2) is 32.4 Å². The van der Waals surface area contributed by atoms with E-state index in [9.17, 15) is 13.2 Å². The van der Waals surface area contributed by atoms with Gasteiger partial charge in [-0.25, -0.2) is 18.1 Å². The molecule has 0 atom stereocenters. The maximum atomic E-state index is 11.9. The molecule has 0 saturated carbocycles. The minimum Gasteiger partial charge on any atom is -0.350 e. The number of carbonyl (C=O) groups excluding carboxylic acids is 1. The molecule has 0 radical (unpaired) electrons. The van der Waals surface area contributed by atoms with Crippen molar-refractivity contribution in [1.29, 1.82) is 0 Å². The van der Waals surface area contributed by atoms with Gasteiger partial charge < -0.3 is 5.32 Å². The molecule has 2 N–H and O–H groups in total. The third-order valence-corrected chi connectivity index (χ3v) is 5.11. The normalized spacial score (nSPS) is 11.3. The summed E-state index contributed by atoms with van der Waals surface area (Å²) >= 11 is 1.26. The smallest absolute Gasteiger partial charge is 0.263 e. The summed E-state index contributed by atoms with van der Waals surface area (Å²) in [6, 6.07) is 8.09. The standard InChI is InChI=1S/C13H15N3O3S2/c1-10-12(20-9-15-10)13(17)14-7-8-16-21(18,19)11-5-3-2-4-6-11/h2-6,9,16H,7-8H2,1H3,(H,14,17). The molecule has 1 aromatic heterocycles. The molecule has 0 bridgehead atoms. The summed E-state index contributed by atoms with van der Waals surface area (Å²) in [7, 11) is -3.53. The van der Waals surface area contributed by atoms with E-state index >= 15 is 0 Å². The zero-order valence-corrected chi connectivity index (χ0v) is 13.0. The van der Waals surface area contributed by atoms with Crippen molar-refractivity contribution in [2.75, 3.05) is 13.1 Å². The molecule has 1 heterocycles. The Morgan fingerprint density at radius 1 is 1.24 bits per heavy atom. The summed E-state index contributed by atoms with van der Waals surface area (Å²) in [5.74, 6) is -0.242. The Labute approximate surface area is 127 Å². The summed E-state index contributed by atoms with van der Waals surface area (Å²) < 4.78 is 26.3. The Hall–Kier alpha value is -1.77. The number of amides is 1. The third-order valence-electron chi connectivity index (χ3n) is 2.71. The lowest BCUT2D eigenvalue weighted by molar-refractivity contribution is 0.0957. The van der Waals surface area contributed by atoms with Crippen molar-refractivity contribution >= 4 is 27.3 Å². The van der Waals surface area contributed by atoms with Crippen molar-refractivity contribution < 1.29 is 13.2 Å². The van der Waals surface area contributed by atoms with Crippen molar-refractivity contribution in [3.63, 3.8) is 0 Å². The second-order valence-electron chi connectivity index (χ2n) is 4.23. The highest BCUT2D eigenvalue weighted by atomic mass is 32.2. The Morgan fingerprint density at radius 2 is 1.95 bits per heavy atom. The van der Waals surface area contributed by atoms with E-state index in [1.165, 1.54) is 23.5 Å². The molecular weight excluding hydrogens is 310 g/mol. The van der Waals surface area contributed by atoms with E-state index in [1.54, 1.807) is 30.6 Å². The molecule has 2 aromatic rings. The van der Waals surface area contributed by atoms with Gasteiger partial charge in [0.05, 0.1) is 16.1 Å². The van der Waals surface area contributed by atoms with Gasteiger partial charge in [-0.05, 0) is 19.1 Å². The number of nitrogens with zero attached hydrogens (tertiary/aromatic N) is 1. The fourth-order valence-electron chi connectivity index (χ4n) is 1.64. The van der Waals surface area contributed by atoms with Crippen LogP contribution in [0.1, 0.15) is 15.4 Å². The number of benzene rings is 1. The number of aromatic nitrogens is 1. The van der Waals surface area contributed by atoms with E-state index in [0.717, 1.165) is 0 Å². The molecule has 112 valence electrons. The van der Waals surface area contributed by atoms with E-state index in [-0.39, 0.29) is 23.9 Å². The van der Waals surface area contributed by atoms with Crippen molar-refractivity contribution in [2.24, 2.45) is 0 Å². The molecule has 0 aliphatic rings. The lowest BCUT2D eigenvalue weighted by Crippen LogP contribution is -2.34. The summed E-state index contributed by atoms with van der Waals surface area (Å²) in [4.78, 5) is 16.5. The van der Waals surface area contributed by atoms with Crippen LogP contribution in [0.5, 0.6) is 0 Å². The van der Waals surface area contributed by atoms with E-state index in [2.05, 4.69) is 15.0 Å². The van der Waals surface area contributed by atoms with Crippen LogP contribution in [0, 0.1) is 6.92 Å². The summed E-state index contributed by atoms with van der Waals surface area (Å²) in [5, 5.41) is 2.65. The van der Waals surface area contributed by atoms with Gasteiger partial charge in [-0.3, -0.25) is 4.79 Å². The van der Waals surface area contributed by atoms with Crippen molar-refractivity contribution in [3.05, 3.63) is 46.4 Å². The molecule has 6 nitrogen and oxygen atoms in total. The molecule has 0 fully saturated rings. The molecule has 21 heavy (non-hydrogen) atoms. The second-order valence-corrected chi connectivity index (χ2v) is 6.86. The summed E-state index contributed by atoms with van der Waals surface area (Å²) in [5.41, 5.74) is 2.27. The van der Waals surface area contributed by atoms with E-state index in [0.29, 0.717) is 10.6 Å². The summed E-state index contributed by atoms with van der Waals surface area (Å²) in [6.45, 7) is 2.09. The maximum Gasteiger partial charge on any atom is 0.263 e. The minimum absolute atomic E-state index is 0.126. The first-order valence-corrected chi connectivity index (χ1v) is 8.60. The van der Waals surface area contributed by atoms with Crippen LogP contribution in [0.4, 0.5) is 0 Å². The average Bonchev–Trinajstić information content (AvgIpc) is 2.90. The van der Waals surface area contributed by atoms with Crippen LogP contribution < -0.4 is 10.0 Å². The number of nitrogens with one attached hydrogen (secondary N) is 2. The highest BCUT2D eigenvalue weighted by molar-refractivity contribution is 7.89. The lowest BCUT2D eigenvalue weighted by atomic mass is 10.4. The van der Waals surface area contributed by atoms with Gasteiger partial charge >= 0.3 is 0 Å². The molecule has 0 aliphatic heterocycles. The SMILES string of the molecule is Cc1ncsc1C(=O)NCCNS(=O)(=O)c1ccccc1. The number of thiazole rings is 1. The molecule has 2 rings (SSSR count). The number of rotatable bonds is 6. The van der Waals surface area contributed by atoms with Crippen LogP contribution in [0.2, 0.25) is 0 Å². The average molecular weight is 325 g/mol. The zero-order valence-electron chi connectivity index (χ0n) is 11.4. The number of aryl methyl sites for hydroxylation is 1. The van der Waals surface area contributed by atoms with Crippen molar-refractivity contribution in [3.8, 4) is 0 Å². The fraction of sp³-hybridized carbons (Fsp3) is 0.231. The first-order valence-electron chi connectivity index (χ1n) is 6.24. The number of sulfonamides is 1. The highest BCUT2D eigenvalue weighted by Gasteiger charge is 2.14. The van der Waals surface area contributed by atoms with Gasteiger partial charge in [0.2, 0.25) is 10.0 Å². The topological polar surface area (TPSA) is 88.2 Å². The van der Waals surface area contributed by atoms with Crippen LogP contribution in [0.15, 0.2) is 40.7 Å². The molecular formula is C13H15N3O3S2. The maximum absolute atomic E-state index is 11.9. The van der Waals surface area contributed by atoms with Crippen molar-refractivity contribution in [1.82, 2.24) is 15.0 Å². The Morgan fingerprint density at radius 3 is 2.57 bits per heavy atom. The monoisotopic (exact) mass is 325 g/mol. The molecule has 0 saturated heterocycles. The second kappa shape index (κ2) is 6.79. The number of carbonyl (C=O) groups is 1. The van der Waals surface area contributed by atoms with E-state index < -0.39 is 10.0 Å². The van der Waals surface area contributed by atoms with Gasteiger partial charge in [0.25, 0.3) is 5.91 Å². The van der Waals surface area contributed by atoms with Gasteiger partial charge in [0.1, 0.15) is 4.88 Å². The molecule has 8 heteroatoms. The lowest BCUT2D eigenvalue weighted by Gasteiger charge is -2.07. The van der Waals surface area contributed by atoms with Gasteiger partial charge in [-0.2, -0.15) is 0 Å². The van der Waals surface area contributed by atoms with E-state index in [4.69, 9.17) is 0 Å². The van der Waals surface area contributed by atoms with Gasteiger partial charge in [0, 0.05) is 13.1 Å². The number of hydrogen-bond acceptors (Lipinski definition) is 5. The predicted molar refractivity (Wildman–Crippen MR) is 80.8 cm³/mol. The predicted octanol–water partition coefficient (Wildman–Crippen LogP) is 1.16. The van der Waals surface area contributed by atoms with Gasteiger partial charge in [0.15, 0.2) is 0 Å². The van der Waals surface area contributed by atoms with Crippen LogP contribution in [-0.2, 0) is 10.0 Å². The van der Waals surface area contributed by atoms with Gasteiger partial charge in [-0.15, -0.1) is 11.3 Å². The van der Waals surface area contributed by atoms with Crippen LogP contribution >= 0.6 is 11.3 Å². The van der Waals surface area contributed by atoms with E-state index in [1.807, 2.05) is 0 Å². The van der Waals surface area contributed by atoms with Gasteiger partial charge in [-0.1, -0.05) is 18.2 Å². The first kappa shape index (κ1) is 15.6. The Balaban J connectivity index is 1.83. The highest BCUT2D eigenvalue weighted by Crippen LogP contribution is 2.11.